The van der Waals surface area contributed by atoms with Crippen molar-refractivity contribution in [2.75, 3.05) is 33.3 Å². The summed E-state index contributed by atoms with van der Waals surface area (Å²) in [5.41, 5.74) is 3.01. The Morgan fingerprint density at radius 2 is 1.62 bits per heavy atom. The SMILES string of the molecule is COc1ccc(-c2cc(CN3CCCN(Cc4ccc(F)cc4)CC3)on2)cc1. The van der Waals surface area contributed by atoms with Crippen molar-refractivity contribution >= 4 is 0 Å². The van der Waals surface area contributed by atoms with Crippen molar-refractivity contribution in [3.05, 3.63) is 71.7 Å². The van der Waals surface area contributed by atoms with Gasteiger partial charge in [0.15, 0.2) is 5.76 Å². The minimum absolute atomic E-state index is 0.183. The Hall–Kier alpha value is -2.70. The van der Waals surface area contributed by atoms with Crippen LogP contribution in [0.15, 0.2) is 59.1 Å². The topological polar surface area (TPSA) is 41.7 Å². The standard InChI is InChI=1S/C23H26FN3O2/c1-28-21-9-5-19(6-10-21)23-15-22(29-25-23)17-27-12-2-11-26(13-14-27)16-18-3-7-20(24)8-4-18/h3-10,15H,2,11-14,16-17H2,1H3. The van der Waals surface area contributed by atoms with Crippen molar-refractivity contribution in [2.45, 2.75) is 19.5 Å². The first-order valence-electron chi connectivity index (χ1n) is 9.99. The average molecular weight is 395 g/mol. The zero-order chi connectivity index (χ0) is 20.1. The maximum Gasteiger partial charge on any atom is 0.151 e. The minimum Gasteiger partial charge on any atom is -0.497 e. The molecule has 0 N–H and O–H groups in total. The molecule has 4 rings (SSSR count). The van der Waals surface area contributed by atoms with Crippen LogP contribution < -0.4 is 4.74 Å². The van der Waals surface area contributed by atoms with Crippen LogP contribution in [0.25, 0.3) is 11.3 Å². The van der Waals surface area contributed by atoms with Gasteiger partial charge >= 0.3 is 0 Å². The van der Waals surface area contributed by atoms with E-state index in [9.17, 15) is 4.39 Å². The summed E-state index contributed by atoms with van der Waals surface area (Å²) in [7, 11) is 1.66. The van der Waals surface area contributed by atoms with Gasteiger partial charge in [0.2, 0.25) is 0 Å². The molecule has 152 valence electrons. The lowest BCUT2D eigenvalue weighted by Gasteiger charge is -2.21. The molecule has 6 heteroatoms. The van der Waals surface area contributed by atoms with E-state index in [1.165, 1.54) is 12.1 Å². The third kappa shape index (κ3) is 5.22. The van der Waals surface area contributed by atoms with Gasteiger partial charge < -0.3 is 9.26 Å². The van der Waals surface area contributed by atoms with E-state index in [2.05, 4.69) is 15.0 Å². The third-order valence-electron chi connectivity index (χ3n) is 5.32. The molecule has 1 aromatic heterocycles. The molecule has 5 nitrogen and oxygen atoms in total. The second kappa shape index (κ2) is 9.20. The minimum atomic E-state index is -0.183. The number of methoxy groups -OCH3 is 1. The van der Waals surface area contributed by atoms with Crippen LogP contribution in [0.4, 0.5) is 4.39 Å². The molecule has 0 radical (unpaired) electrons. The van der Waals surface area contributed by atoms with Crippen LogP contribution in [0.1, 0.15) is 17.7 Å². The fourth-order valence-electron chi connectivity index (χ4n) is 3.69. The van der Waals surface area contributed by atoms with E-state index >= 15 is 0 Å². The van der Waals surface area contributed by atoms with Crippen LogP contribution in [0.2, 0.25) is 0 Å². The van der Waals surface area contributed by atoms with Gasteiger partial charge in [-0.15, -0.1) is 0 Å². The van der Waals surface area contributed by atoms with Gasteiger partial charge in [0.05, 0.1) is 13.7 Å². The summed E-state index contributed by atoms with van der Waals surface area (Å²) in [6.07, 6.45) is 1.10. The zero-order valence-electron chi connectivity index (χ0n) is 16.7. The Balaban J connectivity index is 1.32. The van der Waals surface area contributed by atoms with Gasteiger partial charge in [-0.1, -0.05) is 17.3 Å². The molecule has 1 saturated heterocycles. The Morgan fingerprint density at radius 3 is 2.31 bits per heavy atom. The lowest BCUT2D eigenvalue weighted by molar-refractivity contribution is 0.226. The van der Waals surface area contributed by atoms with Crippen LogP contribution in [-0.4, -0.2) is 48.2 Å². The largest absolute Gasteiger partial charge is 0.497 e. The van der Waals surface area contributed by atoms with Gasteiger partial charge in [-0.3, -0.25) is 9.80 Å². The van der Waals surface area contributed by atoms with Gasteiger partial charge in [-0.2, -0.15) is 0 Å². The summed E-state index contributed by atoms with van der Waals surface area (Å²) in [6, 6.07) is 16.6. The Bertz CT molecular complexity index is 909. The van der Waals surface area contributed by atoms with E-state index in [0.717, 1.165) is 74.0 Å². The van der Waals surface area contributed by atoms with Crippen molar-refractivity contribution in [2.24, 2.45) is 0 Å². The highest BCUT2D eigenvalue weighted by Crippen LogP contribution is 2.23. The zero-order valence-corrected chi connectivity index (χ0v) is 16.7. The van der Waals surface area contributed by atoms with Crippen molar-refractivity contribution in [3.63, 3.8) is 0 Å². The molecule has 1 aliphatic rings. The van der Waals surface area contributed by atoms with E-state index in [1.54, 1.807) is 7.11 Å². The molecule has 1 fully saturated rings. The van der Waals surface area contributed by atoms with Crippen LogP contribution in [0, 0.1) is 5.82 Å². The van der Waals surface area contributed by atoms with Crippen LogP contribution in [-0.2, 0) is 13.1 Å². The first kappa shape index (κ1) is 19.6. The van der Waals surface area contributed by atoms with Gasteiger partial charge in [0.25, 0.3) is 0 Å². The molecule has 3 aromatic rings. The third-order valence-corrected chi connectivity index (χ3v) is 5.32. The van der Waals surface area contributed by atoms with E-state index in [-0.39, 0.29) is 5.82 Å². The van der Waals surface area contributed by atoms with Crippen LogP contribution in [0.3, 0.4) is 0 Å². The van der Waals surface area contributed by atoms with E-state index in [0.29, 0.717) is 0 Å². The molecule has 0 bridgehead atoms. The Kier molecular flexibility index (Phi) is 6.22. The summed E-state index contributed by atoms with van der Waals surface area (Å²) >= 11 is 0. The molecule has 0 spiro atoms. The average Bonchev–Trinajstić information content (AvgIpc) is 3.10. The Morgan fingerprint density at radius 1 is 0.931 bits per heavy atom. The summed E-state index contributed by atoms with van der Waals surface area (Å²) in [5, 5.41) is 4.23. The number of ether oxygens (including phenoxy) is 1. The predicted molar refractivity (Wildman–Crippen MR) is 110 cm³/mol. The monoisotopic (exact) mass is 395 g/mol. The Labute approximate surface area is 170 Å². The van der Waals surface area contributed by atoms with Crippen molar-refractivity contribution in [3.8, 4) is 17.0 Å². The molecule has 0 aliphatic carbocycles. The van der Waals surface area contributed by atoms with Crippen LogP contribution in [0.5, 0.6) is 5.75 Å². The number of benzene rings is 2. The lowest BCUT2D eigenvalue weighted by atomic mass is 10.1. The van der Waals surface area contributed by atoms with Gasteiger partial charge in [-0.05, 0) is 61.5 Å². The number of nitrogens with zero attached hydrogens (tertiary/aromatic N) is 3. The van der Waals surface area contributed by atoms with Gasteiger partial charge in [-0.25, -0.2) is 4.39 Å². The van der Waals surface area contributed by atoms with E-state index in [4.69, 9.17) is 9.26 Å². The molecule has 2 heterocycles. The summed E-state index contributed by atoms with van der Waals surface area (Å²) < 4.78 is 23.9. The molecular formula is C23H26FN3O2. The van der Waals surface area contributed by atoms with Crippen molar-refractivity contribution < 1.29 is 13.7 Å². The number of halogens is 1. The van der Waals surface area contributed by atoms with Crippen molar-refractivity contribution in [1.82, 2.24) is 15.0 Å². The number of hydrogen-bond acceptors (Lipinski definition) is 5. The normalized spacial score (nSPS) is 15.9. The fourth-order valence-corrected chi connectivity index (χ4v) is 3.69. The van der Waals surface area contributed by atoms with Gasteiger partial charge in [0.1, 0.15) is 17.3 Å². The van der Waals surface area contributed by atoms with E-state index in [1.807, 2.05) is 42.5 Å². The highest BCUT2D eigenvalue weighted by molar-refractivity contribution is 5.59. The number of rotatable bonds is 6. The molecule has 29 heavy (non-hydrogen) atoms. The summed E-state index contributed by atoms with van der Waals surface area (Å²) in [5.74, 6) is 1.52. The molecular weight excluding hydrogens is 369 g/mol. The quantitative estimate of drug-likeness (QED) is 0.626. The fraction of sp³-hybridized carbons (Fsp3) is 0.348. The van der Waals surface area contributed by atoms with Crippen molar-refractivity contribution in [1.29, 1.82) is 0 Å². The molecule has 0 atom stereocenters. The highest BCUT2D eigenvalue weighted by Gasteiger charge is 2.17. The first-order chi connectivity index (χ1) is 14.2. The maximum absolute atomic E-state index is 13.1. The summed E-state index contributed by atoms with van der Waals surface area (Å²) in [4.78, 5) is 4.83. The van der Waals surface area contributed by atoms with Gasteiger partial charge in [0, 0.05) is 31.3 Å². The second-order valence-corrected chi connectivity index (χ2v) is 7.44. The molecule has 1 aliphatic heterocycles. The molecule has 0 unspecified atom stereocenters. The number of hydrogen-bond donors (Lipinski definition) is 0. The number of aromatic nitrogens is 1. The molecule has 0 amide bonds. The lowest BCUT2D eigenvalue weighted by Crippen LogP contribution is -2.30. The first-order valence-corrected chi connectivity index (χ1v) is 9.99. The van der Waals surface area contributed by atoms with Crippen LogP contribution >= 0.6 is 0 Å². The smallest absolute Gasteiger partial charge is 0.151 e. The predicted octanol–water partition coefficient (Wildman–Crippen LogP) is 4.20. The molecule has 2 aromatic carbocycles. The second-order valence-electron chi connectivity index (χ2n) is 7.44. The molecule has 0 saturated carbocycles. The summed E-state index contributed by atoms with van der Waals surface area (Å²) in [6.45, 7) is 5.64. The maximum atomic E-state index is 13.1. The highest BCUT2D eigenvalue weighted by atomic mass is 19.1. The van der Waals surface area contributed by atoms with E-state index < -0.39 is 0 Å².